The highest BCUT2D eigenvalue weighted by Crippen LogP contribution is 2.35. The molecule has 0 N–H and O–H groups in total. The molecule has 1 aromatic rings. The molecule has 0 spiro atoms. The number of halogens is 2. The Kier molecular flexibility index (Phi) is 5.51. The van der Waals surface area contributed by atoms with Gasteiger partial charge in [-0.15, -0.1) is 0 Å². The second kappa shape index (κ2) is 7.15. The van der Waals surface area contributed by atoms with Crippen molar-refractivity contribution in [2.45, 2.75) is 38.1 Å². The number of aromatic nitrogens is 2. The Labute approximate surface area is 122 Å². The van der Waals surface area contributed by atoms with Crippen molar-refractivity contribution in [3.8, 4) is 5.88 Å². The van der Waals surface area contributed by atoms with E-state index in [1.54, 1.807) is 0 Å². The van der Waals surface area contributed by atoms with Crippen molar-refractivity contribution < 1.29 is 18.6 Å². The highest BCUT2D eigenvalue weighted by atomic mass is 35.5. The Morgan fingerprint density at radius 1 is 1.45 bits per heavy atom. The monoisotopic (exact) mass is 304 g/mol. The summed E-state index contributed by atoms with van der Waals surface area (Å²) in [6.07, 6.45) is 0.363. The number of ether oxygens (including phenoxy) is 3. The van der Waals surface area contributed by atoms with Crippen molar-refractivity contribution in [2.24, 2.45) is 5.92 Å². The Morgan fingerprint density at radius 2 is 2.25 bits per heavy atom. The Balaban J connectivity index is 2.02. The number of rotatable bonds is 6. The van der Waals surface area contributed by atoms with Gasteiger partial charge in [-0.1, -0.05) is 24.9 Å². The SMILES string of the molecule is CC[C@H]1C[C@@H](Oc2cc(Cl)ncn2)[C@H](F)[C@@H]1OCOC. The highest BCUT2D eigenvalue weighted by Gasteiger charge is 2.45. The van der Waals surface area contributed by atoms with E-state index in [9.17, 15) is 4.39 Å². The molecule has 2 rings (SSSR count). The molecule has 1 aromatic heterocycles. The van der Waals surface area contributed by atoms with Gasteiger partial charge in [-0.05, 0) is 12.3 Å². The van der Waals surface area contributed by atoms with Gasteiger partial charge in [-0.2, -0.15) is 0 Å². The molecule has 0 unspecified atom stereocenters. The largest absolute Gasteiger partial charge is 0.471 e. The average molecular weight is 305 g/mol. The topological polar surface area (TPSA) is 53.5 Å². The van der Waals surface area contributed by atoms with E-state index in [-0.39, 0.29) is 23.7 Å². The molecule has 5 nitrogen and oxygen atoms in total. The van der Waals surface area contributed by atoms with Crippen LogP contribution in [0.5, 0.6) is 5.88 Å². The van der Waals surface area contributed by atoms with Crippen molar-refractivity contribution in [3.63, 3.8) is 0 Å². The fourth-order valence-electron chi connectivity index (χ4n) is 2.46. The fourth-order valence-corrected chi connectivity index (χ4v) is 2.59. The normalized spacial score (nSPS) is 29.6. The summed E-state index contributed by atoms with van der Waals surface area (Å²) in [5, 5.41) is 0.266. The first kappa shape index (κ1) is 15.4. The zero-order valence-electron chi connectivity index (χ0n) is 11.5. The first-order valence-electron chi connectivity index (χ1n) is 6.54. The van der Waals surface area contributed by atoms with Gasteiger partial charge in [0.1, 0.15) is 24.4 Å². The summed E-state index contributed by atoms with van der Waals surface area (Å²) >= 11 is 5.75. The molecule has 112 valence electrons. The van der Waals surface area contributed by atoms with Crippen molar-refractivity contribution in [3.05, 3.63) is 17.5 Å². The maximum atomic E-state index is 14.4. The molecule has 0 amide bonds. The van der Waals surface area contributed by atoms with Crippen molar-refractivity contribution >= 4 is 11.6 Å². The van der Waals surface area contributed by atoms with Crippen LogP contribution in [0, 0.1) is 5.92 Å². The molecule has 20 heavy (non-hydrogen) atoms. The van der Waals surface area contributed by atoms with Gasteiger partial charge >= 0.3 is 0 Å². The molecule has 1 saturated carbocycles. The van der Waals surface area contributed by atoms with E-state index in [1.807, 2.05) is 6.92 Å². The molecule has 0 aromatic carbocycles. The Morgan fingerprint density at radius 3 is 2.90 bits per heavy atom. The minimum atomic E-state index is -1.22. The van der Waals surface area contributed by atoms with E-state index in [0.717, 1.165) is 6.42 Å². The van der Waals surface area contributed by atoms with Crippen LogP contribution >= 0.6 is 11.6 Å². The van der Waals surface area contributed by atoms with Crippen LogP contribution in [0.4, 0.5) is 4.39 Å². The van der Waals surface area contributed by atoms with Gasteiger partial charge in [0, 0.05) is 13.2 Å². The van der Waals surface area contributed by atoms with E-state index >= 15 is 0 Å². The zero-order chi connectivity index (χ0) is 14.5. The van der Waals surface area contributed by atoms with Crippen LogP contribution in [0.1, 0.15) is 19.8 Å². The minimum Gasteiger partial charge on any atom is -0.471 e. The summed E-state index contributed by atoms with van der Waals surface area (Å²) < 4.78 is 30.3. The first-order valence-corrected chi connectivity index (χ1v) is 6.92. The molecule has 0 saturated heterocycles. The van der Waals surface area contributed by atoms with Gasteiger partial charge in [0.2, 0.25) is 5.88 Å². The van der Waals surface area contributed by atoms with Gasteiger partial charge < -0.3 is 14.2 Å². The number of hydrogen-bond donors (Lipinski definition) is 0. The third kappa shape index (κ3) is 3.56. The molecule has 0 aliphatic heterocycles. The van der Waals surface area contributed by atoms with Crippen LogP contribution in [0.2, 0.25) is 5.15 Å². The molecular formula is C13H18ClFN2O3. The van der Waals surface area contributed by atoms with Crippen molar-refractivity contribution in [2.75, 3.05) is 13.9 Å². The van der Waals surface area contributed by atoms with E-state index in [0.29, 0.717) is 6.42 Å². The summed E-state index contributed by atoms with van der Waals surface area (Å²) in [5.74, 6) is 0.377. The molecule has 7 heteroatoms. The van der Waals surface area contributed by atoms with Gasteiger partial charge in [-0.25, -0.2) is 14.4 Å². The second-order valence-electron chi connectivity index (χ2n) is 4.72. The van der Waals surface area contributed by atoms with Gasteiger partial charge in [0.25, 0.3) is 0 Å². The van der Waals surface area contributed by atoms with E-state index < -0.39 is 18.4 Å². The summed E-state index contributed by atoms with van der Waals surface area (Å²) in [5.41, 5.74) is 0. The minimum absolute atomic E-state index is 0.0770. The van der Waals surface area contributed by atoms with Crippen molar-refractivity contribution in [1.29, 1.82) is 0 Å². The Bertz CT molecular complexity index is 438. The summed E-state index contributed by atoms with van der Waals surface area (Å²) in [4.78, 5) is 7.68. The summed E-state index contributed by atoms with van der Waals surface area (Å²) in [6.45, 7) is 2.08. The smallest absolute Gasteiger partial charge is 0.218 e. The van der Waals surface area contributed by atoms with Crippen LogP contribution < -0.4 is 4.74 Å². The third-order valence-corrected chi connectivity index (χ3v) is 3.66. The summed E-state index contributed by atoms with van der Waals surface area (Å²) in [7, 11) is 1.51. The quantitative estimate of drug-likeness (QED) is 0.597. The zero-order valence-corrected chi connectivity index (χ0v) is 12.2. The molecule has 1 heterocycles. The van der Waals surface area contributed by atoms with E-state index in [2.05, 4.69) is 9.97 Å². The van der Waals surface area contributed by atoms with E-state index in [1.165, 1.54) is 19.5 Å². The summed E-state index contributed by atoms with van der Waals surface area (Å²) in [6, 6.07) is 1.47. The standard InChI is InChI=1S/C13H18ClFN2O3/c1-3-8-4-9(12(15)13(8)19-7-18-2)20-11-5-10(14)16-6-17-11/h5-6,8-9,12-13H,3-4,7H2,1-2H3/t8-,9+,12-,13+/m0/s1. The predicted molar refractivity (Wildman–Crippen MR) is 71.5 cm³/mol. The maximum Gasteiger partial charge on any atom is 0.218 e. The lowest BCUT2D eigenvalue weighted by Gasteiger charge is -2.20. The molecule has 4 atom stereocenters. The number of alkyl halides is 1. The predicted octanol–water partition coefficient (Wildman–Crippen LogP) is 2.63. The maximum absolute atomic E-state index is 14.4. The van der Waals surface area contributed by atoms with Crippen molar-refractivity contribution in [1.82, 2.24) is 9.97 Å². The van der Waals surface area contributed by atoms with Crippen LogP contribution in [0.15, 0.2) is 12.4 Å². The lowest BCUT2D eigenvalue weighted by molar-refractivity contribution is -0.108. The molecule has 1 aliphatic carbocycles. The highest BCUT2D eigenvalue weighted by molar-refractivity contribution is 6.29. The molecule has 1 aliphatic rings. The van der Waals surface area contributed by atoms with Gasteiger partial charge in [0.05, 0.1) is 6.10 Å². The molecule has 0 bridgehead atoms. The second-order valence-corrected chi connectivity index (χ2v) is 5.11. The van der Waals surface area contributed by atoms with Crippen LogP contribution in [0.25, 0.3) is 0 Å². The molecule has 1 fully saturated rings. The van der Waals surface area contributed by atoms with Gasteiger partial charge in [0.15, 0.2) is 6.17 Å². The number of methoxy groups -OCH3 is 1. The Hall–Kier alpha value is -0.980. The molecular weight excluding hydrogens is 287 g/mol. The first-order chi connectivity index (χ1) is 9.65. The average Bonchev–Trinajstić information content (AvgIpc) is 2.73. The van der Waals surface area contributed by atoms with Gasteiger partial charge in [-0.3, -0.25) is 0 Å². The van der Waals surface area contributed by atoms with E-state index in [4.69, 9.17) is 25.8 Å². The lowest BCUT2D eigenvalue weighted by Crippen LogP contribution is -2.33. The van der Waals surface area contributed by atoms with Crippen LogP contribution in [-0.2, 0) is 9.47 Å². The fraction of sp³-hybridized carbons (Fsp3) is 0.692. The van der Waals surface area contributed by atoms with Crippen LogP contribution in [-0.4, -0.2) is 42.3 Å². The third-order valence-electron chi connectivity index (χ3n) is 3.45. The molecule has 0 radical (unpaired) electrons. The lowest BCUT2D eigenvalue weighted by atomic mass is 10.0. The van der Waals surface area contributed by atoms with Crippen LogP contribution in [0.3, 0.4) is 0 Å². The number of hydrogen-bond acceptors (Lipinski definition) is 5. The number of nitrogens with zero attached hydrogens (tertiary/aromatic N) is 2.